The lowest BCUT2D eigenvalue weighted by Gasteiger charge is -2.02. The lowest BCUT2D eigenvalue weighted by atomic mass is 10.4. The Morgan fingerprint density at radius 2 is 1.93 bits per heavy atom. The van der Waals surface area contributed by atoms with Gasteiger partial charge >= 0.3 is 0 Å². The number of unbranched alkanes of at least 4 members (excludes halogenated alkanes) is 1. The fraction of sp³-hybridized carbons (Fsp3) is 0.400. The summed E-state index contributed by atoms with van der Waals surface area (Å²) in [5, 5.41) is 2.34. The summed E-state index contributed by atoms with van der Waals surface area (Å²) in [5.41, 5.74) is 0. The van der Waals surface area contributed by atoms with Gasteiger partial charge in [0.2, 0.25) is 0 Å². The van der Waals surface area contributed by atoms with Gasteiger partial charge in [-0.15, -0.1) is 11.8 Å². The second kappa shape index (κ2) is 7.00. The molecule has 0 aliphatic rings. The molecule has 0 saturated carbocycles. The van der Waals surface area contributed by atoms with Crippen molar-refractivity contribution in [3.05, 3.63) is 28.2 Å². The molecule has 0 bridgehead atoms. The molecule has 0 amide bonds. The van der Waals surface area contributed by atoms with Gasteiger partial charge < -0.3 is 0 Å². The molecule has 0 radical (unpaired) electrons. The van der Waals surface area contributed by atoms with Crippen LogP contribution in [0.15, 0.2) is 23.1 Å². The average Bonchev–Trinajstić information content (AvgIpc) is 2.18. The zero-order valence-electron chi connectivity index (χ0n) is 7.60. The minimum Gasteiger partial charge on any atom is -0.126 e. The van der Waals surface area contributed by atoms with Gasteiger partial charge in [0.15, 0.2) is 0 Å². The van der Waals surface area contributed by atoms with Crippen molar-refractivity contribution in [2.24, 2.45) is 0 Å². The number of alkyl halides is 1. The van der Waals surface area contributed by atoms with Crippen LogP contribution in [0.3, 0.4) is 0 Å². The van der Waals surface area contributed by atoms with E-state index in [4.69, 9.17) is 23.2 Å². The van der Waals surface area contributed by atoms with Crippen molar-refractivity contribution in [2.45, 2.75) is 17.7 Å². The Labute approximate surface area is 107 Å². The largest absolute Gasteiger partial charge is 0.126 e. The lowest BCUT2D eigenvalue weighted by Crippen LogP contribution is -1.81. The summed E-state index contributed by atoms with van der Waals surface area (Å²) in [6.07, 6.45) is 2.44. The van der Waals surface area contributed by atoms with E-state index in [0.29, 0.717) is 10.0 Å². The molecule has 0 N–H and O–H groups in total. The predicted octanol–water partition coefficient (Wildman–Crippen LogP) is 5.26. The number of rotatable bonds is 5. The third kappa shape index (κ3) is 4.43. The van der Waals surface area contributed by atoms with Gasteiger partial charge in [0, 0.05) is 10.2 Å². The van der Waals surface area contributed by atoms with E-state index in [2.05, 4.69) is 15.9 Å². The minimum atomic E-state index is 0.622. The molecule has 0 unspecified atom stereocenters. The summed E-state index contributed by atoms with van der Waals surface area (Å²) < 4.78 is 0. The molecular weight excluding hydrogens is 303 g/mol. The Bertz CT molecular complexity index is 291. The maximum Gasteiger partial charge on any atom is 0.0603 e. The molecule has 14 heavy (non-hydrogen) atoms. The maximum absolute atomic E-state index is 5.90. The van der Waals surface area contributed by atoms with E-state index >= 15 is 0 Å². The first-order valence-corrected chi connectivity index (χ1v) is 7.24. The van der Waals surface area contributed by atoms with Crippen molar-refractivity contribution in [3.63, 3.8) is 0 Å². The highest BCUT2D eigenvalue weighted by Crippen LogP contribution is 2.28. The molecule has 1 aromatic carbocycles. The van der Waals surface area contributed by atoms with E-state index in [9.17, 15) is 0 Å². The molecule has 78 valence electrons. The van der Waals surface area contributed by atoms with Crippen LogP contribution in [-0.2, 0) is 0 Å². The van der Waals surface area contributed by atoms with Crippen LogP contribution in [0.1, 0.15) is 12.8 Å². The number of halogens is 3. The summed E-state index contributed by atoms with van der Waals surface area (Å²) in [7, 11) is 0. The minimum absolute atomic E-state index is 0.622. The SMILES string of the molecule is Clc1ccc(SCCCCBr)cc1Cl. The third-order valence-corrected chi connectivity index (χ3v) is 4.07. The normalized spacial score (nSPS) is 10.5. The summed E-state index contributed by atoms with van der Waals surface area (Å²) >= 11 is 16.9. The van der Waals surface area contributed by atoms with Gasteiger partial charge in [0.1, 0.15) is 0 Å². The van der Waals surface area contributed by atoms with Crippen LogP contribution >= 0.6 is 50.9 Å². The van der Waals surface area contributed by atoms with Crippen molar-refractivity contribution in [2.75, 3.05) is 11.1 Å². The monoisotopic (exact) mass is 312 g/mol. The van der Waals surface area contributed by atoms with Gasteiger partial charge in [-0.1, -0.05) is 39.1 Å². The van der Waals surface area contributed by atoms with Crippen LogP contribution in [-0.4, -0.2) is 11.1 Å². The Morgan fingerprint density at radius 3 is 2.57 bits per heavy atom. The Morgan fingerprint density at radius 1 is 1.14 bits per heavy atom. The van der Waals surface area contributed by atoms with Gasteiger partial charge in [0.05, 0.1) is 10.0 Å². The predicted molar refractivity (Wildman–Crippen MR) is 70.2 cm³/mol. The van der Waals surface area contributed by atoms with Crippen molar-refractivity contribution in [3.8, 4) is 0 Å². The molecule has 0 aromatic heterocycles. The van der Waals surface area contributed by atoms with Crippen LogP contribution in [0.25, 0.3) is 0 Å². The second-order valence-corrected chi connectivity index (χ2v) is 5.60. The topological polar surface area (TPSA) is 0 Å². The molecule has 1 aromatic rings. The van der Waals surface area contributed by atoms with E-state index in [-0.39, 0.29) is 0 Å². The van der Waals surface area contributed by atoms with Gasteiger partial charge in [0.25, 0.3) is 0 Å². The van der Waals surface area contributed by atoms with Crippen molar-refractivity contribution in [1.29, 1.82) is 0 Å². The molecule has 0 spiro atoms. The summed E-state index contributed by atoms with van der Waals surface area (Å²) in [6, 6.07) is 5.77. The molecule has 0 heterocycles. The first kappa shape index (κ1) is 12.7. The molecule has 0 aliphatic carbocycles. The number of thioether (sulfide) groups is 1. The van der Waals surface area contributed by atoms with Gasteiger partial charge in [-0.3, -0.25) is 0 Å². The average molecular weight is 314 g/mol. The standard InChI is InChI=1S/C10H11BrCl2S/c11-5-1-2-6-14-8-3-4-9(12)10(13)7-8/h3-4,7H,1-2,5-6H2. The first-order valence-electron chi connectivity index (χ1n) is 4.38. The fourth-order valence-electron chi connectivity index (χ4n) is 0.953. The Hall–Kier alpha value is 0.630. The first-order chi connectivity index (χ1) is 6.74. The van der Waals surface area contributed by atoms with Crippen molar-refractivity contribution < 1.29 is 0 Å². The van der Waals surface area contributed by atoms with E-state index < -0.39 is 0 Å². The molecule has 1 rings (SSSR count). The van der Waals surface area contributed by atoms with Gasteiger partial charge in [-0.05, 0) is 36.8 Å². The van der Waals surface area contributed by atoms with Crippen molar-refractivity contribution in [1.82, 2.24) is 0 Å². The number of benzene rings is 1. The van der Waals surface area contributed by atoms with E-state index in [0.717, 1.165) is 11.1 Å². The second-order valence-electron chi connectivity index (χ2n) is 2.82. The summed E-state index contributed by atoms with van der Waals surface area (Å²) in [6.45, 7) is 0. The van der Waals surface area contributed by atoms with Crippen molar-refractivity contribution >= 4 is 50.9 Å². The highest BCUT2D eigenvalue weighted by Gasteiger charge is 1.99. The zero-order valence-corrected chi connectivity index (χ0v) is 11.5. The maximum atomic E-state index is 5.90. The number of hydrogen-bond donors (Lipinski definition) is 0. The fourth-order valence-corrected chi connectivity index (χ4v) is 2.66. The van der Waals surface area contributed by atoms with Crippen LogP contribution in [0.2, 0.25) is 10.0 Å². The van der Waals surface area contributed by atoms with E-state index in [1.807, 2.05) is 30.0 Å². The third-order valence-electron chi connectivity index (χ3n) is 1.69. The molecule has 0 nitrogen and oxygen atoms in total. The van der Waals surface area contributed by atoms with Crippen LogP contribution < -0.4 is 0 Å². The lowest BCUT2D eigenvalue weighted by molar-refractivity contribution is 0.913. The quantitative estimate of drug-likeness (QED) is 0.406. The Kier molecular flexibility index (Phi) is 6.34. The van der Waals surface area contributed by atoms with Crippen LogP contribution in [0.5, 0.6) is 0 Å². The molecule has 4 heteroatoms. The highest BCUT2D eigenvalue weighted by molar-refractivity contribution is 9.09. The van der Waals surface area contributed by atoms with E-state index in [1.165, 1.54) is 17.7 Å². The van der Waals surface area contributed by atoms with E-state index in [1.54, 1.807) is 0 Å². The molecule has 0 atom stereocenters. The highest BCUT2D eigenvalue weighted by atomic mass is 79.9. The molecule has 0 fully saturated rings. The summed E-state index contributed by atoms with van der Waals surface area (Å²) in [4.78, 5) is 1.19. The van der Waals surface area contributed by atoms with Crippen LogP contribution in [0, 0.1) is 0 Å². The smallest absolute Gasteiger partial charge is 0.0603 e. The van der Waals surface area contributed by atoms with Gasteiger partial charge in [-0.2, -0.15) is 0 Å². The Balaban J connectivity index is 2.39. The molecule has 0 saturated heterocycles. The van der Waals surface area contributed by atoms with Gasteiger partial charge in [-0.25, -0.2) is 0 Å². The molecule has 0 aliphatic heterocycles. The van der Waals surface area contributed by atoms with Crippen LogP contribution in [0.4, 0.5) is 0 Å². The zero-order chi connectivity index (χ0) is 10.4. The number of hydrogen-bond acceptors (Lipinski definition) is 1. The summed E-state index contributed by atoms with van der Waals surface area (Å²) in [5.74, 6) is 1.13. The molecular formula is C10H11BrCl2S.